The van der Waals surface area contributed by atoms with Crippen LogP contribution in [0, 0.1) is 0 Å². The zero-order valence-electron chi connectivity index (χ0n) is 16.0. The zero-order chi connectivity index (χ0) is 20.9. The maximum absolute atomic E-state index is 12.5. The molecule has 1 aromatic rings. The largest absolute Gasteiger partial charge is 0.489 e. The van der Waals surface area contributed by atoms with Crippen LogP contribution in [-0.2, 0) is 19.2 Å². The molecule has 1 unspecified atom stereocenters. The van der Waals surface area contributed by atoms with Gasteiger partial charge in [0.25, 0.3) is 0 Å². The number of Topliss-reactive ketones (excluding diaryl/α,β-unsaturated/α-hetero) is 1. The van der Waals surface area contributed by atoms with Gasteiger partial charge in [-0.15, -0.1) is 11.8 Å². The van der Waals surface area contributed by atoms with Crippen LogP contribution < -0.4 is 9.47 Å². The van der Waals surface area contributed by atoms with E-state index in [-0.39, 0.29) is 28.4 Å². The number of ether oxygens (including phenoxy) is 2. The minimum atomic E-state index is -1.01. The molecule has 152 valence electrons. The highest BCUT2D eigenvalue weighted by Gasteiger charge is 2.48. The number of nitrogens with zero attached hydrogens (tertiary/aromatic N) is 1. The predicted octanol–water partition coefficient (Wildman–Crippen LogP) is 3.16. The van der Waals surface area contributed by atoms with Crippen molar-refractivity contribution < 1.29 is 28.7 Å². The second-order valence-electron chi connectivity index (χ2n) is 5.93. The van der Waals surface area contributed by atoms with Crippen molar-refractivity contribution in [2.45, 2.75) is 37.5 Å². The Morgan fingerprint density at radius 2 is 1.79 bits per heavy atom. The van der Waals surface area contributed by atoms with Gasteiger partial charge in [0.2, 0.25) is 5.12 Å². The molecule has 1 aliphatic heterocycles. The SMILES string of the molecule is CC(=O)Oc1cccc(OCC2(C(C)=O)SCCN2SC(C)=O)c1SC(C)=O. The van der Waals surface area contributed by atoms with Gasteiger partial charge in [-0.1, -0.05) is 6.07 Å². The highest BCUT2D eigenvalue weighted by molar-refractivity contribution is 8.13. The van der Waals surface area contributed by atoms with Crippen molar-refractivity contribution in [1.29, 1.82) is 0 Å². The van der Waals surface area contributed by atoms with Crippen LogP contribution in [0.4, 0.5) is 0 Å². The summed E-state index contributed by atoms with van der Waals surface area (Å²) in [6.45, 7) is 6.14. The van der Waals surface area contributed by atoms with Gasteiger partial charge in [-0.2, -0.15) is 0 Å². The van der Waals surface area contributed by atoms with Crippen LogP contribution in [0.15, 0.2) is 23.1 Å². The number of benzene rings is 1. The normalized spacial score (nSPS) is 19.3. The first kappa shape index (κ1) is 22.8. The van der Waals surface area contributed by atoms with E-state index < -0.39 is 10.8 Å². The third-order valence-corrected chi connectivity index (χ3v) is 7.16. The van der Waals surface area contributed by atoms with Gasteiger partial charge in [-0.05, 0) is 42.8 Å². The summed E-state index contributed by atoms with van der Waals surface area (Å²) in [4.78, 5) is 46.4. The van der Waals surface area contributed by atoms with Crippen LogP contribution in [0.5, 0.6) is 11.5 Å². The predicted molar refractivity (Wildman–Crippen MR) is 111 cm³/mol. The van der Waals surface area contributed by atoms with E-state index in [4.69, 9.17) is 9.47 Å². The third kappa shape index (κ3) is 5.53. The molecule has 1 saturated heterocycles. The van der Waals surface area contributed by atoms with E-state index in [2.05, 4.69) is 0 Å². The second kappa shape index (κ2) is 9.82. The molecular formula is C18H21NO6S3. The number of carbonyl (C=O) groups excluding carboxylic acids is 4. The topological polar surface area (TPSA) is 90.0 Å². The van der Waals surface area contributed by atoms with Crippen LogP contribution in [0.3, 0.4) is 0 Å². The van der Waals surface area contributed by atoms with Crippen molar-refractivity contribution in [1.82, 2.24) is 4.31 Å². The molecule has 7 nitrogen and oxygen atoms in total. The van der Waals surface area contributed by atoms with E-state index in [9.17, 15) is 19.2 Å². The molecule has 1 atom stereocenters. The van der Waals surface area contributed by atoms with Crippen LogP contribution in [-0.4, -0.2) is 50.1 Å². The molecular weight excluding hydrogens is 422 g/mol. The summed E-state index contributed by atoms with van der Waals surface area (Å²) in [5.41, 5.74) is 0. The van der Waals surface area contributed by atoms with Gasteiger partial charge in [-0.3, -0.25) is 19.2 Å². The van der Waals surface area contributed by atoms with Gasteiger partial charge >= 0.3 is 5.97 Å². The Labute approximate surface area is 176 Å². The minimum Gasteiger partial charge on any atom is -0.489 e. The molecule has 0 N–H and O–H groups in total. The van der Waals surface area contributed by atoms with E-state index in [1.54, 1.807) is 22.5 Å². The van der Waals surface area contributed by atoms with Crippen molar-refractivity contribution in [2.75, 3.05) is 18.9 Å². The number of hydrogen-bond acceptors (Lipinski definition) is 10. The average molecular weight is 444 g/mol. The molecule has 2 rings (SSSR count). The maximum Gasteiger partial charge on any atom is 0.308 e. The fourth-order valence-corrected chi connectivity index (χ4v) is 5.71. The van der Waals surface area contributed by atoms with E-state index in [0.717, 1.165) is 23.7 Å². The van der Waals surface area contributed by atoms with Gasteiger partial charge in [-0.25, -0.2) is 4.31 Å². The fourth-order valence-electron chi connectivity index (χ4n) is 2.58. The van der Waals surface area contributed by atoms with Gasteiger partial charge in [0.1, 0.15) is 18.1 Å². The van der Waals surface area contributed by atoms with E-state index >= 15 is 0 Å². The molecule has 0 amide bonds. The smallest absolute Gasteiger partial charge is 0.308 e. The van der Waals surface area contributed by atoms with Crippen LogP contribution in [0.1, 0.15) is 27.7 Å². The number of rotatable bonds is 7. The van der Waals surface area contributed by atoms with Crippen LogP contribution in [0.25, 0.3) is 0 Å². The lowest BCUT2D eigenvalue weighted by Gasteiger charge is -2.33. The molecule has 0 saturated carbocycles. The molecule has 0 bridgehead atoms. The molecule has 0 aromatic heterocycles. The first-order valence-electron chi connectivity index (χ1n) is 8.39. The van der Waals surface area contributed by atoms with Gasteiger partial charge in [0, 0.05) is 33.1 Å². The summed E-state index contributed by atoms with van der Waals surface area (Å²) in [6, 6.07) is 4.86. The standard InChI is InChI=1S/C18H21NO6S3/c1-11(20)18(19(8-9-26-18)28-14(4)23)10-24-15-6-5-7-16(25-12(2)21)17(15)27-13(3)22/h5-7H,8-10H2,1-4H3. The summed E-state index contributed by atoms with van der Waals surface area (Å²) >= 11 is 3.31. The first-order valence-corrected chi connectivity index (χ1v) is 11.0. The van der Waals surface area contributed by atoms with Crippen molar-refractivity contribution >= 4 is 57.5 Å². The lowest BCUT2D eigenvalue weighted by atomic mass is 10.2. The summed E-state index contributed by atoms with van der Waals surface area (Å²) in [5, 5.41) is -0.312. The second-order valence-corrected chi connectivity index (χ2v) is 9.69. The summed E-state index contributed by atoms with van der Waals surface area (Å²) in [6.07, 6.45) is 0. The van der Waals surface area contributed by atoms with Crippen molar-refractivity contribution in [3.63, 3.8) is 0 Å². The highest BCUT2D eigenvalue weighted by Crippen LogP contribution is 2.44. The fraction of sp³-hybridized carbons (Fsp3) is 0.444. The lowest BCUT2D eigenvalue weighted by Crippen LogP contribution is -2.49. The molecule has 28 heavy (non-hydrogen) atoms. The number of ketones is 1. The molecule has 0 radical (unpaired) electrons. The highest BCUT2D eigenvalue weighted by atomic mass is 32.2. The number of carbonyl (C=O) groups is 4. The molecule has 10 heteroatoms. The van der Waals surface area contributed by atoms with Crippen molar-refractivity contribution in [3.05, 3.63) is 18.2 Å². The van der Waals surface area contributed by atoms with Gasteiger partial charge in [0.15, 0.2) is 15.8 Å². The van der Waals surface area contributed by atoms with E-state index in [1.165, 1.54) is 39.5 Å². The molecule has 1 fully saturated rings. The van der Waals surface area contributed by atoms with Crippen LogP contribution in [0.2, 0.25) is 0 Å². The first-order chi connectivity index (χ1) is 13.2. The van der Waals surface area contributed by atoms with Crippen molar-refractivity contribution in [2.24, 2.45) is 0 Å². The van der Waals surface area contributed by atoms with E-state index in [1.807, 2.05) is 0 Å². The average Bonchev–Trinajstić information content (AvgIpc) is 2.97. The molecule has 0 spiro atoms. The summed E-state index contributed by atoms with van der Waals surface area (Å²) in [5.74, 6) is 0.598. The number of esters is 1. The third-order valence-electron chi connectivity index (χ3n) is 3.69. The van der Waals surface area contributed by atoms with Crippen LogP contribution >= 0.6 is 35.5 Å². The quantitative estimate of drug-likeness (QED) is 0.271. The zero-order valence-corrected chi connectivity index (χ0v) is 18.4. The molecule has 1 heterocycles. The Bertz CT molecular complexity index is 800. The Balaban J connectivity index is 2.32. The number of thioether (sulfide) groups is 2. The molecule has 1 aliphatic rings. The Morgan fingerprint density at radius 1 is 1.11 bits per heavy atom. The van der Waals surface area contributed by atoms with Crippen molar-refractivity contribution in [3.8, 4) is 11.5 Å². The van der Waals surface area contributed by atoms with Gasteiger partial charge in [0.05, 0.1) is 4.90 Å². The lowest BCUT2D eigenvalue weighted by molar-refractivity contribution is -0.132. The summed E-state index contributed by atoms with van der Waals surface area (Å²) in [7, 11) is 0. The molecule has 0 aliphatic carbocycles. The monoisotopic (exact) mass is 443 g/mol. The molecule has 1 aromatic carbocycles. The Hall–Kier alpha value is -1.49. The van der Waals surface area contributed by atoms with Gasteiger partial charge < -0.3 is 9.47 Å². The minimum absolute atomic E-state index is 0.0116. The Morgan fingerprint density at radius 3 is 2.36 bits per heavy atom. The Kier molecular flexibility index (Phi) is 7.99. The summed E-state index contributed by atoms with van der Waals surface area (Å²) < 4.78 is 12.9. The van der Waals surface area contributed by atoms with E-state index in [0.29, 0.717) is 22.9 Å². The number of hydrogen-bond donors (Lipinski definition) is 0. The maximum atomic E-state index is 12.5.